The van der Waals surface area contributed by atoms with E-state index >= 15 is 0 Å². The van der Waals surface area contributed by atoms with Crippen LogP contribution in [0.15, 0.2) is 0 Å². The minimum absolute atomic E-state index is 0.0333. The van der Waals surface area contributed by atoms with Crippen molar-refractivity contribution in [2.24, 2.45) is 0 Å². The van der Waals surface area contributed by atoms with Crippen molar-refractivity contribution in [1.29, 1.82) is 0 Å². The molecule has 3 nitrogen and oxygen atoms in total. The van der Waals surface area contributed by atoms with Crippen LogP contribution in [0, 0.1) is 0 Å². The summed E-state index contributed by atoms with van der Waals surface area (Å²) in [5.74, 6) is 0. The molecule has 0 aromatic heterocycles. The molecule has 0 aliphatic carbocycles. The summed E-state index contributed by atoms with van der Waals surface area (Å²) in [6.07, 6.45) is 3.31. The van der Waals surface area contributed by atoms with Crippen LogP contribution in [0.4, 0.5) is 0 Å². The maximum Gasteiger partial charge on any atom is 0.330 e. The number of unbranched alkanes of at least 4 members (excludes halogenated alkanes) is 1. The van der Waals surface area contributed by atoms with Crippen molar-refractivity contribution in [3.05, 3.63) is 0 Å². The fourth-order valence-corrected chi connectivity index (χ4v) is 2.98. The Balaban J connectivity index is 4.03. The monoisotopic (exact) mass is 222 g/mol. The summed E-state index contributed by atoms with van der Waals surface area (Å²) in [6, 6.07) is 0. The predicted octanol–water partition coefficient (Wildman–Crippen LogP) is 3.83. The summed E-state index contributed by atoms with van der Waals surface area (Å²) in [6.45, 7) is 8.37. The summed E-state index contributed by atoms with van der Waals surface area (Å²) in [5.41, 5.74) is 0. The van der Waals surface area contributed by atoms with Crippen LogP contribution in [0.1, 0.15) is 47.0 Å². The molecule has 0 aromatic carbocycles. The Morgan fingerprint density at radius 2 is 1.86 bits per heavy atom. The van der Waals surface area contributed by atoms with Crippen LogP contribution < -0.4 is 0 Å². The molecule has 0 amide bonds. The highest BCUT2D eigenvalue weighted by atomic mass is 31.2. The largest absolute Gasteiger partial charge is 0.330 e. The van der Waals surface area contributed by atoms with Gasteiger partial charge in [0.25, 0.3) is 0 Å². The van der Waals surface area contributed by atoms with Crippen LogP contribution in [-0.4, -0.2) is 18.9 Å². The minimum atomic E-state index is -2.81. The fourth-order valence-electron chi connectivity index (χ4n) is 1.09. The van der Waals surface area contributed by atoms with Crippen LogP contribution in [0.5, 0.6) is 0 Å². The van der Waals surface area contributed by atoms with Gasteiger partial charge in [0.2, 0.25) is 0 Å². The van der Waals surface area contributed by atoms with E-state index in [9.17, 15) is 4.57 Å². The van der Waals surface area contributed by atoms with E-state index in [1.807, 2.05) is 20.8 Å². The van der Waals surface area contributed by atoms with E-state index in [0.29, 0.717) is 12.8 Å². The second-order valence-electron chi connectivity index (χ2n) is 3.68. The number of hydrogen-bond acceptors (Lipinski definition) is 3. The lowest BCUT2D eigenvalue weighted by molar-refractivity contribution is 0.167. The molecule has 1 unspecified atom stereocenters. The van der Waals surface area contributed by atoms with Crippen molar-refractivity contribution in [3.63, 3.8) is 0 Å². The number of rotatable bonds is 8. The molecule has 0 aliphatic heterocycles. The zero-order valence-corrected chi connectivity index (χ0v) is 10.7. The third-order valence-electron chi connectivity index (χ3n) is 1.65. The van der Waals surface area contributed by atoms with Gasteiger partial charge < -0.3 is 9.05 Å². The molecular weight excluding hydrogens is 199 g/mol. The van der Waals surface area contributed by atoms with E-state index in [-0.39, 0.29) is 6.10 Å². The molecule has 0 aromatic rings. The van der Waals surface area contributed by atoms with Crippen molar-refractivity contribution in [2.45, 2.75) is 53.1 Å². The van der Waals surface area contributed by atoms with E-state index in [1.165, 1.54) is 0 Å². The van der Waals surface area contributed by atoms with Gasteiger partial charge in [-0.15, -0.1) is 0 Å². The third-order valence-corrected chi connectivity index (χ3v) is 3.97. The zero-order valence-electron chi connectivity index (χ0n) is 9.78. The zero-order chi connectivity index (χ0) is 11.0. The smallest absolute Gasteiger partial charge is 0.309 e. The topological polar surface area (TPSA) is 35.5 Å². The molecule has 0 rings (SSSR count). The lowest BCUT2D eigenvalue weighted by Gasteiger charge is -2.20. The first-order valence-electron chi connectivity index (χ1n) is 5.46. The maximum atomic E-state index is 12.1. The van der Waals surface area contributed by atoms with Crippen molar-refractivity contribution in [3.8, 4) is 0 Å². The van der Waals surface area contributed by atoms with Crippen molar-refractivity contribution >= 4 is 7.60 Å². The summed E-state index contributed by atoms with van der Waals surface area (Å²) < 4.78 is 22.8. The molecule has 86 valence electrons. The fraction of sp³-hybridized carbons (Fsp3) is 1.00. The average Bonchev–Trinajstić information content (AvgIpc) is 2.03. The Labute approximate surface area is 87.7 Å². The van der Waals surface area contributed by atoms with Crippen LogP contribution in [0.2, 0.25) is 0 Å². The first-order chi connectivity index (χ1) is 6.54. The van der Waals surface area contributed by atoms with Crippen molar-refractivity contribution in [1.82, 2.24) is 0 Å². The van der Waals surface area contributed by atoms with Crippen LogP contribution >= 0.6 is 7.60 Å². The quantitative estimate of drug-likeness (QED) is 0.462. The Hall–Kier alpha value is 0.150. The molecule has 0 saturated heterocycles. The molecular formula is C10H23O3P. The second-order valence-corrected chi connectivity index (χ2v) is 5.81. The summed E-state index contributed by atoms with van der Waals surface area (Å²) in [7, 11) is -2.81. The summed E-state index contributed by atoms with van der Waals surface area (Å²) in [4.78, 5) is 0. The van der Waals surface area contributed by atoms with Gasteiger partial charge >= 0.3 is 7.60 Å². The lowest BCUT2D eigenvalue weighted by Crippen LogP contribution is -2.06. The van der Waals surface area contributed by atoms with Gasteiger partial charge in [-0.2, -0.15) is 0 Å². The SMILES string of the molecule is CCCCOP(=O)(CCC)OC(C)C. The first kappa shape index (κ1) is 14.2. The molecule has 0 heterocycles. The maximum absolute atomic E-state index is 12.1. The molecule has 14 heavy (non-hydrogen) atoms. The normalized spacial score (nSPS) is 15.8. The first-order valence-corrected chi connectivity index (χ1v) is 7.19. The number of hydrogen-bond donors (Lipinski definition) is 0. The Bertz CT molecular complexity index is 180. The van der Waals surface area contributed by atoms with Gasteiger partial charge in [-0.25, -0.2) is 0 Å². The van der Waals surface area contributed by atoms with E-state index in [4.69, 9.17) is 9.05 Å². The third kappa shape index (κ3) is 6.58. The van der Waals surface area contributed by atoms with Crippen molar-refractivity contribution < 1.29 is 13.6 Å². The molecule has 0 aliphatic rings. The van der Waals surface area contributed by atoms with E-state index in [1.54, 1.807) is 0 Å². The van der Waals surface area contributed by atoms with Crippen LogP contribution in [0.3, 0.4) is 0 Å². The minimum Gasteiger partial charge on any atom is -0.309 e. The highest BCUT2D eigenvalue weighted by Gasteiger charge is 2.24. The molecule has 0 radical (unpaired) electrons. The van der Waals surface area contributed by atoms with Gasteiger partial charge in [-0.3, -0.25) is 4.57 Å². The van der Waals surface area contributed by atoms with Crippen LogP contribution in [0.25, 0.3) is 0 Å². The highest BCUT2D eigenvalue weighted by molar-refractivity contribution is 7.53. The van der Waals surface area contributed by atoms with Crippen LogP contribution in [-0.2, 0) is 13.6 Å². The second kappa shape index (κ2) is 7.44. The molecule has 0 fully saturated rings. The van der Waals surface area contributed by atoms with Gasteiger partial charge in [0, 0.05) is 6.16 Å². The van der Waals surface area contributed by atoms with Gasteiger partial charge in [-0.1, -0.05) is 20.3 Å². The standard InChI is InChI=1S/C10H23O3P/c1-5-7-8-12-14(11,9-6-2)13-10(3)4/h10H,5-9H2,1-4H3. The molecule has 0 saturated carbocycles. The van der Waals surface area contributed by atoms with E-state index in [2.05, 4.69) is 6.92 Å². The molecule has 0 N–H and O–H groups in total. The van der Waals surface area contributed by atoms with Gasteiger partial charge in [0.1, 0.15) is 0 Å². The van der Waals surface area contributed by atoms with Gasteiger partial charge in [0.15, 0.2) is 0 Å². The summed E-state index contributed by atoms with van der Waals surface area (Å²) in [5, 5.41) is 0. The summed E-state index contributed by atoms with van der Waals surface area (Å²) >= 11 is 0. The van der Waals surface area contributed by atoms with Gasteiger partial charge in [-0.05, 0) is 26.7 Å². The Kier molecular flexibility index (Phi) is 7.52. The molecule has 4 heteroatoms. The molecule has 1 atom stereocenters. The van der Waals surface area contributed by atoms with Crippen molar-refractivity contribution in [2.75, 3.05) is 12.8 Å². The average molecular weight is 222 g/mol. The predicted molar refractivity (Wildman–Crippen MR) is 59.8 cm³/mol. The Morgan fingerprint density at radius 3 is 2.29 bits per heavy atom. The lowest BCUT2D eigenvalue weighted by atomic mass is 10.4. The Morgan fingerprint density at radius 1 is 1.21 bits per heavy atom. The molecule has 0 bridgehead atoms. The van der Waals surface area contributed by atoms with E-state index in [0.717, 1.165) is 19.3 Å². The van der Waals surface area contributed by atoms with E-state index < -0.39 is 7.60 Å². The molecule has 0 spiro atoms. The highest BCUT2D eigenvalue weighted by Crippen LogP contribution is 2.49. The van der Waals surface area contributed by atoms with Gasteiger partial charge in [0.05, 0.1) is 12.7 Å².